The Bertz CT molecular complexity index is 1610. The van der Waals surface area contributed by atoms with Crippen molar-refractivity contribution in [3.63, 3.8) is 0 Å². The van der Waals surface area contributed by atoms with Gasteiger partial charge >= 0.3 is 213 Å². The van der Waals surface area contributed by atoms with Crippen LogP contribution in [0.5, 0.6) is 0 Å². The minimum atomic E-state index is -2.08. The van der Waals surface area contributed by atoms with Gasteiger partial charge in [-0.2, -0.15) is 0 Å². The van der Waals surface area contributed by atoms with Gasteiger partial charge in [0.1, 0.15) is 0 Å². The monoisotopic (exact) mass is 573 g/mol. The third-order valence-corrected chi connectivity index (χ3v) is 13.0. The van der Waals surface area contributed by atoms with E-state index >= 15 is 0 Å². The summed E-state index contributed by atoms with van der Waals surface area (Å²) < 4.78 is 12.6. The number of benzene rings is 3. The van der Waals surface area contributed by atoms with Crippen molar-refractivity contribution in [3.05, 3.63) is 59.3 Å². The second-order valence-electron chi connectivity index (χ2n) is 14.6. The molecule has 0 saturated carbocycles. The minimum absolute atomic E-state index is 0.165. The van der Waals surface area contributed by atoms with E-state index in [1.54, 1.807) is 0 Å². The van der Waals surface area contributed by atoms with Gasteiger partial charge in [-0.1, -0.05) is 20.8 Å². The quantitative estimate of drug-likeness (QED) is 0.154. The fourth-order valence-electron chi connectivity index (χ4n) is 5.89. The Kier molecular flexibility index (Phi) is 6.12. The van der Waals surface area contributed by atoms with Crippen LogP contribution in [0.3, 0.4) is 0 Å². The molecule has 0 bridgehead atoms. The summed E-state index contributed by atoms with van der Waals surface area (Å²) in [5.74, 6) is 7.41. The molecule has 194 valence electrons. The molecule has 4 aromatic rings. The number of nitrogens with zero attached hydrogens (tertiary/aromatic N) is 1. The van der Waals surface area contributed by atoms with Crippen LogP contribution in [-0.4, -0.2) is 13.3 Å². The number of rotatable bonds is 3. The number of fused-ring (bicyclic) bond motifs is 3. The summed E-state index contributed by atoms with van der Waals surface area (Å²) >= 11 is -0.0926. The van der Waals surface area contributed by atoms with Gasteiger partial charge in [0.25, 0.3) is 0 Å². The second kappa shape index (κ2) is 8.88. The average Bonchev–Trinajstić information content (AvgIpc) is 2.76. The normalized spacial score (nSPS) is 14.3. The average molecular weight is 572 g/mol. The SMILES string of the molecule is [2H]c1cc2c[c]([Ge]([CH3])([CH3])[CH3])cc3c2c([n+]1C)-c1c(c(CC(C)(C)C)c2ccc(CC(C)(C)C)cc2c1C)S3. The van der Waals surface area contributed by atoms with Crippen molar-refractivity contribution >= 4 is 51.0 Å². The molecule has 1 aromatic heterocycles. The Morgan fingerprint density at radius 2 is 1.57 bits per heavy atom. The molecule has 37 heavy (non-hydrogen) atoms. The molecule has 0 aliphatic carbocycles. The summed E-state index contributed by atoms with van der Waals surface area (Å²) in [7, 11) is 2.08. The van der Waals surface area contributed by atoms with Crippen LogP contribution < -0.4 is 8.96 Å². The Hall–Kier alpha value is -1.78. The van der Waals surface area contributed by atoms with Crippen molar-refractivity contribution in [1.82, 2.24) is 0 Å². The van der Waals surface area contributed by atoms with E-state index in [0.717, 1.165) is 12.8 Å². The van der Waals surface area contributed by atoms with Crippen molar-refractivity contribution in [2.24, 2.45) is 17.9 Å². The van der Waals surface area contributed by atoms with Gasteiger partial charge in [-0.05, 0) is 0 Å². The van der Waals surface area contributed by atoms with Crippen LogP contribution in [0.15, 0.2) is 52.4 Å². The predicted octanol–water partition coefficient (Wildman–Crippen LogP) is 8.98. The number of aryl methyl sites for hydroxylation is 1. The zero-order chi connectivity index (χ0) is 27.9. The zero-order valence-corrected chi connectivity index (χ0v) is 27.6. The first-order chi connectivity index (χ1) is 17.4. The van der Waals surface area contributed by atoms with E-state index in [4.69, 9.17) is 1.37 Å². The molecule has 1 aliphatic heterocycles. The molecule has 0 fully saturated rings. The summed E-state index contributed by atoms with van der Waals surface area (Å²) in [6.45, 7) is 16.3. The van der Waals surface area contributed by atoms with Crippen LogP contribution in [0, 0.1) is 17.8 Å². The molecule has 0 spiro atoms. The fraction of sp³-hybridized carbons (Fsp3) is 0.441. The van der Waals surface area contributed by atoms with E-state index in [0.29, 0.717) is 6.17 Å². The van der Waals surface area contributed by atoms with Crippen LogP contribution in [0.25, 0.3) is 32.8 Å². The van der Waals surface area contributed by atoms with E-state index < -0.39 is 13.3 Å². The molecule has 1 aliphatic rings. The first-order valence-corrected chi connectivity index (χ1v) is 21.8. The van der Waals surface area contributed by atoms with Gasteiger partial charge in [0.2, 0.25) is 0 Å². The van der Waals surface area contributed by atoms with Crippen molar-refractivity contribution in [1.29, 1.82) is 0 Å². The van der Waals surface area contributed by atoms with Crippen LogP contribution in [0.1, 0.15) is 59.6 Å². The molecular formula is C34H44GeNS+. The molecule has 0 saturated heterocycles. The van der Waals surface area contributed by atoms with Crippen molar-refractivity contribution in [2.75, 3.05) is 0 Å². The van der Waals surface area contributed by atoms with Gasteiger partial charge in [0.05, 0.1) is 0 Å². The van der Waals surface area contributed by atoms with Crippen LogP contribution >= 0.6 is 11.8 Å². The maximum absolute atomic E-state index is 8.94. The zero-order valence-electron chi connectivity index (χ0n) is 25.7. The number of aromatic nitrogens is 1. The van der Waals surface area contributed by atoms with E-state index in [2.05, 4.69) is 114 Å². The van der Waals surface area contributed by atoms with Crippen LogP contribution in [0.4, 0.5) is 0 Å². The van der Waals surface area contributed by atoms with Gasteiger partial charge in [-0.25, -0.2) is 0 Å². The van der Waals surface area contributed by atoms with E-state index in [1.807, 2.05) is 11.8 Å². The molecule has 0 amide bonds. The Morgan fingerprint density at radius 3 is 2.19 bits per heavy atom. The van der Waals surface area contributed by atoms with Gasteiger partial charge < -0.3 is 0 Å². The van der Waals surface area contributed by atoms with Crippen molar-refractivity contribution in [2.45, 2.75) is 88.4 Å². The summed E-state index contributed by atoms with van der Waals surface area (Å²) in [5.41, 5.74) is 7.20. The first kappa shape index (κ1) is 25.5. The van der Waals surface area contributed by atoms with Crippen molar-refractivity contribution in [3.8, 4) is 11.3 Å². The molecule has 1 nitrogen and oxygen atoms in total. The Balaban J connectivity index is 1.93. The van der Waals surface area contributed by atoms with Crippen LogP contribution in [0.2, 0.25) is 17.3 Å². The predicted molar refractivity (Wildman–Crippen MR) is 166 cm³/mol. The molecular weight excluding hydrogens is 527 g/mol. The van der Waals surface area contributed by atoms with Crippen molar-refractivity contribution < 1.29 is 5.94 Å². The molecule has 0 N–H and O–H groups in total. The van der Waals surface area contributed by atoms with E-state index in [1.165, 1.54) is 63.7 Å². The maximum atomic E-state index is 8.94. The molecule has 2 heterocycles. The van der Waals surface area contributed by atoms with Gasteiger partial charge in [0, 0.05) is 0 Å². The number of pyridine rings is 1. The Labute approximate surface area is 232 Å². The third kappa shape index (κ3) is 5.01. The summed E-state index contributed by atoms with van der Waals surface area (Å²) in [4.78, 5) is 2.77. The summed E-state index contributed by atoms with van der Waals surface area (Å²) in [6, 6.07) is 14.2. The molecule has 3 aromatic carbocycles. The van der Waals surface area contributed by atoms with E-state index in [-0.39, 0.29) is 10.8 Å². The van der Waals surface area contributed by atoms with Crippen LogP contribution in [-0.2, 0) is 19.9 Å². The molecule has 0 unspecified atom stereocenters. The topological polar surface area (TPSA) is 3.88 Å². The summed E-state index contributed by atoms with van der Waals surface area (Å²) in [6.07, 6.45) is 2.66. The fourth-order valence-corrected chi connectivity index (χ4v) is 9.93. The standard InChI is InChI=1S/C34H44GeNS/c1-21-26-16-22(19-33(2,3)4)12-13-25(26)27(20-34(5,6)7)32-29(21)31-30-23(14-15-36(31)11)17-24(35(8,9)10)18-28(30)37-32/h12-18H,19-20H2,1-11H3/q+1/i15D. The molecule has 3 heteroatoms. The second-order valence-corrected chi connectivity index (χ2v) is 26.3. The van der Waals surface area contributed by atoms with E-state index in [9.17, 15) is 0 Å². The number of hydrogen-bond donors (Lipinski definition) is 0. The molecule has 0 atom stereocenters. The molecule has 5 rings (SSSR count). The van der Waals surface area contributed by atoms with Gasteiger partial charge in [-0.3, -0.25) is 0 Å². The first-order valence-electron chi connectivity index (χ1n) is 14.2. The number of hydrogen-bond acceptors (Lipinski definition) is 1. The van der Waals surface area contributed by atoms with Gasteiger partial charge in [-0.15, -0.1) is 0 Å². The summed E-state index contributed by atoms with van der Waals surface area (Å²) in [5, 5.41) is 5.33. The van der Waals surface area contributed by atoms with Gasteiger partial charge in [0.15, 0.2) is 0 Å². The molecule has 0 radical (unpaired) electrons. The Morgan fingerprint density at radius 1 is 0.892 bits per heavy atom. The third-order valence-electron chi connectivity index (χ3n) is 7.56.